The molecule has 2 aromatic heterocycles. The number of fused-ring (bicyclic) bond motifs is 1. The Morgan fingerprint density at radius 2 is 1.82 bits per heavy atom. The van der Waals surface area contributed by atoms with E-state index in [1.807, 2.05) is 0 Å². The van der Waals surface area contributed by atoms with Gasteiger partial charge < -0.3 is 0 Å². The zero-order chi connectivity index (χ0) is 15.9. The van der Waals surface area contributed by atoms with Crippen LogP contribution in [0.15, 0.2) is 53.6 Å². The highest BCUT2D eigenvalue weighted by Crippen LogP contribution is 2.33. The minimum Gasteiger partial charge on any atom is -0.283 e. The summed E-state index contributed by atoms with van der Waals surface area (Å²) in [5.41, 5.74) is -1.81. The van der Waals surface area contributed by atoms with Crippen molar-refractivity contribution >= 4 is 10.9 Å². The number of nitrogens with zero attached hydrogens (tertiary/aromatic N) is 2. The van der Waals surface area contributed by atoms with Crippen molar-refractivity contribution in [3.63, 3.8) is 0 Å². The summed E-state index contributed by atoms with van der Waals surface area (Å²) in [7, 11) is 0. The van der Waals surface area contributed by atoms with Crippen molar-refractivity contribution in [1.82, 2.24) is 9.55 Å². The molecule has 1 aromatic carbocycles. The zero-order valence-corrected chi connectivity index (χ0v) is 10.9. The second-order valence-electron chi connectivity index (χ2n) is 4.59. The molecule has 0 spiro atoms. The highest BCUT2D eigenvalue weighted by molar-refractivity contribution is 5.77. The molecule has 0 radical (unpaired) electrons. The van der Waals surface area contributed by atoms with E-state index in [-0.39, 0.29) is 16.6 Å². The van der Waals surface area contributed by atoms with Crippen molar-refractivity contribution in [1.29, 1.82) is 0 Å². The first-order chi connectivity index (χ1) is 10.4. The molecule has 0 aliphatic rings. The largest absolute Gasteiger partial charge is 0.418 e. The molecule has 3 nitrogen and oxygen atoms in total. The van der Waals surface area contributed by atoms with Crippen molar-refractivity contribution in [2.45, 2.75) is 6.18 Å². The summed E-state index contributed by atoms with van der Waals surface area (Å²) in [4.78, 5) is 16.1. The standard InChI is InChI=1S/C15H8F4N2O/c16-9-7-10-12(20-8-9)5-6-21(14(10)22)13-4-2-1-3-11(13)15(17,18)19/h1-8H. The second kappa shape index (κ2) is 4.94. The van der Waals surface area contributed by atoms with E-state index in [9.17, 15) is 22.4 Å². The third-order valence-corrected chi connectivity index (χ3v) is 3.18. The lowest BCUT2D eigenvalue weighted by molar-refractivity contribution is -0.137. The van der Waals surface area contributed by atoms with Crippen molar-refractivity contribution < 1.29 is 17.6 Å². The summed E-state index contributed by atoms with van der Waals surface area (Å²) in [6, 6.07) is 7.02. The second-order valence-corrected chi connectivity index (χ2v) is 4.59. The van der Waals surface area contributed by atoms with Crippen LogP contribution in [0, 0.1) is 5.82 Å². The Labute approximate surface area is 121 Å². The molecule has 2 heterocycles. The Morgan fingerprint density at radius 3 is 2.55 bits per heavy atom. The minimum atomic E-state index is -4.61. The number of rotatable bonds is 1. The molecule has 0 amide bonds. The normalized spacial score (nSPS) is 11.8. The number of halogens is 4. The summed E-state index contributed by atoms with van der Waals surface area (Å²) in [6.45, 7) is 0. The minimum absolute atomic E-state index is 0.0838. The van der Waals surface area contributed by atoms with E-state index in [1.54, 1.807) is 0 Å². The topological polar surface area (TPSA) is 34.9 Å². The average Bonchev–Trinajstić information content (AvgIpc) is 2.47. The van der Waals surface area contributed by atoms with Crippen LogP contribution in [0.4, 0.5) is 17.6 Å². The number of aromatic nitrogens is 2. The fraction of sp³-hybridized carbons (Fsp3) is 0.0667. The molecule has 0 fully saturated rings. The first-order valence-corrected chi connectivity index (χ1v) is 6.21. The third-order valence-electron chi connectivity index (χ3n) is 3.18. The van der Waals surface area contributed by atoms with Gasteiger partial charge in [-0.25, -0.2) is 4.39 Å². The number of benzene rings is 1. The van der Waals surface area contributed by atoms with E-state index >= 15 is 0 Å². The summed E-state index contributed by atoms with van der Waals surface area (Å²) in [5, 5.41) is -0.0838. The number of hydrogen-bond acceptors (Lipinski definition) is 2. The highest BCUT2D eigenvalue weighted by Gasteiger charge is 2.33. The molecule has 22 heavy (non-hydrogen) atoms. The Bertz CT molecular complexity index is 915. The molecule has 7 heteroatoms. The quantitative estimate of drug-likeness (QED) is 0.644. The maximum atomic E-state index is 13.2. The molecule has 0 aliphatic carbocycles. The summed E-state index contributed by atoms with van der Waals surface area (Å²) < 4.78 is 53.2. The van der Waals surface area contributed by atoms with Crippen LogP contribution in [0.25, 0.3) is 16.6 Å². The van der Waals surface area contributed by atoms with Gasteiger partial charge in [0.1, 0.15) is 5.82 Å². The van der Waals surface area contributed by atoms with Crippen LogP contribution in [0.1, 0.15) is 5.56 Å². The first-order valence-electron chi connectivity index (χ1n) is 6.21. The lowest BCUT2D eigenvalue weighted by Crippen LogP contribution is -2.21. The molecular weight excluding hydrogens is 300 g/mol. The van der Waals surface area contributed by atoms with Crippen LogP contribution in [-0.4, -0.2) is 9.55 Å². The number of para-hydroxylation sites is 1. The molecule has 0 saturated carbocycles. The Hall–Kier alpha value is -2.70. The van der Waals surface area contributed by atoms with Gasteiger partial charge in [0.15, 0.2) is 0 Å². The molecule has 3 rings (SSSR count). The van der Waals surface area contributed by atoms with E-state index < -0.39 is 23.1 Å². The molecule has 0 saturated heterocycles. The molecule has 112 valence electrons. The van der Waals surface area contributed by atoms with Crippen LogP contribution < -0.4 is 5.56 Å². The first kappa shape index (κ1) is 14.2. The van der Waals surface area contributed by atoms with E-state index in [1.165, 1.54) is 30.5 Å². The number of pyridine rings is 2. The molecule has 0 atom stereocenters. The Kier molecular flexibility index (Phi) is 3.20. The summed E-state index contributed by atoms with van der Waals surface area (Å²) >= 11 is 0. The molecule has 0 aliphatic heterocycles. The van der Waals surface area contributed by atoms with Crippen molar-refractivity contribution in [2.75, 3.05) is 0 Å². The van der Waals surface area contributed by atoms with Crippen LogP contribution in [-0.2, 0) is 6.18 Å². The van der Waals surface area contributed by atoms with Gasteiger partial charge in [-0.2, -0.15) is 13.2 Å². The van der Waals surface area contributed by atoms with Crippen molar-refractivity contribution in [3.8, 4) is 5.69 Å². The maximum Gasteiger partial charge on any atom is 0.418 e. The lowest BCUT2D eigenvalue weighted by Gasteiger charge is -2.14. The smallest absolute Gasteiger partial charge is 0.283 e. The predicted octanol–water partition coefficient (Wildman–Crippen LogP) is 3.54. The Balaban J connectivity index is 2.33. The van der Waals surface area contributed by atoms with Crippen LogP contribution >= 0.6 is 0 Å². The van der Waals surface area contributed by atoms with Gasteiger partial charge in [0, 0.05) is 6.20 Å². The summed E-state index contributed by atoms with van der Waals surface area (Å²) in [6.07, 6.45) is -2.47. The van der Waals surface area contributed by atoms with Gasteiger partial charge in [0.25, 0.3) is 5.56 Å². The van der Waals surface area contributed by atoms with E-state index in [2.05, 4.69) is 4.98 Å². The molecule has 3 aromatic rings. The number of hydrogen-bond donors (Lipinski definition) is 0. The van der Waals surface area contributed by atoms with Gasteiger partial charge in [0.2, 0.25) is 0 Å². The average molecular weight is 308 g/mol. The fourth-order valence-electron chi connectivity index (χ4n) is 2.21. The van der Waals surface area contributed by atoms with Gasteiger partial charge >= 0.3 is 6.18 Å². The maximum absolute atomic E-state index is 13.2. The third kappa shape index (κ3) is 2.34. The SMILES string of the molecule is O=c1c2cc(F)cnc2ccn1-c1ccccc1C(F)(F)F. The van der Waals surface area contributed by atoms with E-state index in [0.29, 0.717) is 0 Å². The van der Waals surface area contributed by atoms with Gasteiger partial charge in [-0.1, -0.05) is 12.1 Å². The number of alkyl halides is 3. The van der Waals surface area contributed by atoms with Crippen molar-refractivity contribution in [3.05, 3.63) is 70.5 Å². The zero-order valence-electron chi connectivity index (χ0n) is 10.9. The monoisotopic (exact) mass is 308 g/mol. The Morgan fingerprint density at radius 1 is 1.09 bits per heavy atom. The molecule has 0 N–H and O–H groups in total. The van der Waals surface area contributed by atoms with E-state index in [4.69, 9.17) is 0 Å². The van der Waals surface area contributed by atoms with Crippen LogP contribution in [0.2, 0.25) is 0 Å². The van der Waals surface area contributed by atoms with Crippen LogP contribution in [0.3, 0.4) is 0 Å². The van der Waals surface area contributed by atoms with Gasteiger partial charge in [-0.05, 0) is 24.3 Å². The molecular formula is C15H8F4N2O. The van der Waals surface area contributed by atoms with Gasteiger partial charge in [-0.3, -0.25) is 14.3 Å². The van der Waals surface area contributed by atoms with Crippen molar-refractivity contribution in [2.24, 2.45) is 0 Å². The van der Waals surface area contributed by atoms with E-state index in [0.717, 1.165) is 22.9 Å². The van der Waals surface area contributed by atoms with Gasteiger partial charge in [-0.15, -0.1) is 0 Å². The van der Waals surface area contributed by atoms with Crippen LogP contribution in [0.5, 0.6) is 0 Å². The fourth-order valence-corrected chi connectivity index (χ4v) is 2.21. The summed E-state index contributed by atoms with van der Waals surface area (Å²) in [5.74, 6) is -0.730. The predicted molar refractivity (Wildman–Crippen MR) is 72.3 cm³/mol. The molecule has 0 unspecified atom stereocenters. The lowest BCUT2D eigenvalue weighted by atomic mass is 10.1. The molecule has 0 bridgehead atoms. The highest BCUT2D eigenvalue weighted by atomic mass is 19.4. The van der Waals surface area contributed by atoms with Gasteiger partial charge in [0.05, 0.1) is 28.4 Å².